The smallest absolute Gasteiger partial charge is 0.321 e. The summed E-state index contributed by atoms with van der Waals surface area (Å²) in [6.07, 6.45) is 0. The van der Waals surface area contributed by atoms with Crippen LogP contribution in [0.5, 0.6) is 0 Å². The quantitative estimate of drug-likeness (QED) is 0.884. The predicted octanol–water partition coefficient (Wildman–Crippen LogP) is 2.64. The Morgan fingerprint density at radius 3 is 2.48 bits per heavy atom. The lowest BCUT2D eigenvalue weighted by molar-refractivity contribution is 0.0342. The highest BCUT2D eigenvalue weighted by molar-refractivity contribution is 5.27. The van der Waals surface area contributed by atoms with Crippen LogP contribution in [-0.4, -0.2) is 41.3 Å². The van der Waals surface area contributed by atoms with Gasteiger partial charge in [0.1, 0.15) is 0 Å². The molecule has 0 unspecified atom stereocenters. The molecular weight excluding hydrogens is 292 g/mol. The van der Waals surface area contributed by atoms with Gasteiger partial charge in [0.2, 0.25) is 0 Å². The minimum Gasteiger partial charge on any atom is -0.379 e. The molecule has 0 bridgehead atoms. The predicted molar refractivity (Wildman–Crippen MR) is 88.3 cm³/mol. The van der Waals surface area contributed by atoms with Gasteiger partial charge in [0.05, 0.1) is 13.2 Å². The summed E-state index contributed by atoms with van der Waals surface area (Å²) in [6, 6.07) is 9.12. The molecule has 23 heavy (non-hydrogen) atoms. The monoisotopic (exact) mass is 316 g/mol. The number of nitrogens with zero attached hydrogens (tertiary/aromatic N) is 3. The molecule has 0 amide bonds. The fraction of sp³-hybridized carbons (Fsp3) is 0.529. The van der Waals surface area contributed by atoms with Gasteiger partial charge in [-0.2, -0.15) is 4.98 Å². The molecule has 1 N–H and O–H groups in total. The van der Waals surface area contributed by atoms with Crippen LogP contribution in [0.4, 0.5) is 6.01 Å². The maximum atomic E-state index is 5.38. The van der Waals surface area contributed by atoms with Gasteiger partial charge in [-0.15, -0.1) is 0 Å². The van der Waals surface area contributed by atoms with Gasteiger partial charge in [-0.1, -0.05) is 43.3 Å². The number of benzene rings is 1. The van der Waals surface area contributed by atoms with Gasteiger partial charge in [-0.3, -0.25) is 4.90 Å². The lowest BCUT2D eigenvalue weighted by Crippen LogP contribution is -2.35. The summed E-state index contributed by atoms with van der Waals surface area (Å²) in [4.78, 5) is 6.73. The standard InChI is InChI=1S/C17H24N4O2/c1-13(2)16-19-17(23-20-16)18-11-14-3-5-15(6-4-14)12-21-7-9-22-10-8-21/h3-6,13H,7-12H2,1-2H3,(H,18,19,20). The van der Waals surface area contributed by atoms with Crippen LogP contribution < -0.4 is 5.32 Å². The summed E-state index contributed by atoms with van der Waals surface area (Å²) >= 11 is 0. The van der Waals surface area contributed by atoms with Crippen molar-refractivity contribution in [1.29, 1.82) is 0 Å². The van der Waals surface area contributed by atoms with Crippen molar-refractivity contribution in [2.45, 2.75) is 32.9 Å². The zero-order valence-corrected chi connectivity index (χ0v) is 13.8. The molecule has 2 aromatic rings. The Morgan fingerprint density at radius 2 is 1.83 bits per heavy atom. The van der Waals surface area contributed by atoms with Gasteiger partial charge in [0.25, 0.3) is 0 Å². The lowest BCUT2D eigenvalue weighted by atomic mass is 10.1. The molecule has 0 radical (unpaired) electrons. The Hall–Kier alpha value is -1.92. The average molecular weight is 316 g/mol. The minimum atomic E-state index is 0.272. The molecule has 0 aliphatic carbocycles. The van der Waals surface area contributed by atoms with E-state index in [2.05, 4.69) is 44.6 Å². The zero-order chi connectivity index (χ0) is 16.1. The molecule has 2 heterocycles. The van der Waals surface area contributed by atoms with E-state index in [1.54, 1.807) is 0 Å². The summed E-state index contributed by atoms with van der Waals surface area (Å²) in [6.45, 7) is 9.45. The third kappa shape index (κ3) is 4.53. The fourth-order valence-corrected chi connectivity index (χ4v) is 2.50. The van der Waals surface area contributed by atoms with E-state index in [9.17, 15) is 0 Å². The summed E-state index contributed by atoms with van der Waals surface area (Å²) in [7, 11) is 0. The summed E-state index contributed by atoms with van der Waals surface area (Å²) in [5.74, 6) is 1.00. The Balaban J connectivity index is 1.50. The van der Waals surface area contributed by atoms with Crippen molar-refractivity contribution in [1.82, 2.24) is 15.0 Å². The van der Waals surface area contributed by atoms with Crippen molar-refractivity contribution in [3.63, 3.8) is 0 Å². The first-order chi connectivity index (χ1) is 11.2. The first-order valence-electron chi connectivity index (χ1n) is 8.16. The molecular formula is C17H24N4O2. The number of nitrogens with one attached hydrogen (secondary N) is 1. The Bertz CT molecular complexity index is 603. The summed E-state index contributed by atoms with van der Waals surface area (Å²) in [5, 5.41) is 7.11. The van der Waals surface area contributed by atoms with E-state index in [0.29, 0.717) is 12.6 Å². The molecule has 1 saturated heterocycles. The summed E-state index contributed by atoms with van der Waals surface area (Å²) in [5.41, 5.74) is 2.52. The van der Waals surface area contributed by atoms with E-state index in [4.69, 9.17) is 9.26 Å². The first-order valence-corrected chi connectivity index (χ1v) is 8.16. The second-order valence-electron chi connectivity index (χ2n) is 6.17. The van der Waals surface area contributed by atoms with Crippen molar-refractivity contribution in [3.05, 3.63) is 41.2 Å². The van der Waals surface area contributed by atoms with Gasteiger partial charge < -0.3 is 14.6 Å². The molecule has 1 aromatic carbocycles. The van der Waals surface area contributed by atoms with Gasteiger partial charge in [-0.25, -0.2) is 0 Å². The van der Waals surface area contributed by atoms with Crippen molar-refractivity contribution in [3.8, 4) is 0 Å². The van der Waals surface area contributed by atoms with Gasteiger partial charge in [0, 0.05) is 32.1 Å². The van der Waals surface area contributed by atoms with Gasteiger partial charge in [-0.05, 0) is 11.1 Å². The molecule has 6 heteroatoms. The molecule has 1 aliphatic rings. The Kier molecular flexibility index (Phi) is 5.25. The molecule has 1 aromatic heterocycles. The second-order valence-corrected chi connectivity index (χ2v) is 6.17. The maximum Gasteiger partial charge on any atom is 0.321 e. The first kappa shape index (κ1) is 16.0. The highest BCUT2D eigenvalue weighted by atomic mass is 16.5. The molecule has 1 fully saturated rings. The number of rotatable bonds is 6. The van der Waals surface area contributed by atoms with Crippen molar-refractivity contribution < 1.29 is 9.26 Å². The maximum absolute atomic E-state index is 5.38. The fourth-order valence-electron chi connectivity index (χ4n) is 2.50. The highest BCUT2D eigenvalue weighted by Crippen LogP contribution is 2.14. The number of anilines is 1. The van der Waals surface area contributed by atoms with Crippen LogP contribution in [0.15, 0.2) is 28.8 Å². The van der Waals surface area contributed by atoms with Crippen LogP contribution in [0.25, 0.3) is 0 Å². The lowest BCUT2D eigenvalue weighted by Gasteiger charge is -2.26. The number of morpholine rings is 1. The minimum absolute atomic E-state index is 0.272. The van der Waals surface area contributed by atoms with Gasteiger partial charge >= 0.3 is 6.01 Å². The van der Waals surface area contributed by atoms with Crippen molar-refractivity contribution >= 4 is 6.01 Å². The van der Waals surface area contributed by atoms with Crippen LogP contribution in [0.2, 0.25) is 0 Å². The molecule has 1 aliphatic heterocycles. The number of ether oxygens (including phenoxy) is 1. The van der Waals surface area contributed by atoms with E-state index in [1.807, 2.05) is 13.8 Å². The zero-order valence-electron chi connectivity index (χ0n) is 13.8. The normalized spacial score (nSPS) is 16.0. The third-order valence-electron chi connectivity index (χ3n) is 3.93. The van der Waals surface area contributed by atoms with E-state index < -0.39 is 0 Å². The van der Waals surface area contributed by atoms with E-state index in [0.717, 1.165) is 38.7 Å². The SMILES string of the molecule is CC(C)c1noc(NCc2ccc(CN3CCOCC3)cc2)n1. The number of hydrogen-bond donors (Lipinski definition) is 1. The summed E-state index contributed by atoms with van der Waals surface area (Å²) < 4.78 is 10.6. The molecule has 0 atom stereocenters. The number of hydrogen-bond acceptors (Lipinski definition) is 6. The van der Waals surface area contributed by atoms with Crippen LogP contribution in [0, 0.1) is 0 Å². The van der Waals surface area contributed by atoms with Crippen molar-refractivity contribution in [2.75, 3.05) is 31.6 Å². The largest absolute Gasteiger partial charge is 0.379 e. The highest BCUT2D eigenvalue weighted by Gasteiger charge is 2.11. The second kappa shape index (κ2) is 7.57. The molecule has 124 valence electrons. The molecule has 3 rings (SSSR count). The van der Waals surface area contributed by atoms with E-state index in [-0.39, 0.29) is 5.92 Å². The molecule has 6 nitrogen and oxygen atoms in total. The van der Waals surface area contributed by atoms with E-state index in [1.165, 1.54) is 11.1 Å². The van der Waals surface area contributed by atoms with Crippen molar-refractivity contribution in [2.24, 2.45) is 0 Å². The third-order valence-corrected chi connectivity index (χ3v) is 3.93. The van der Waals surface area contributed by atoms with Crippen LogP contribution in [0.3, 0.4) is 0 Å². The van der Waals surface area contributed by atoms with Gasteiger partial charge in [0.15, 0.2) is 5.82 Å². The van der Waals surface area contributed by atoms with Crippen LogP contribution >= 0.6 is 0 Å². The average Bonchev–Trinajstić information content (AvgIpc) is 3.04. The molecule has 0 spiro atoms. The van der Waals surface area contributed by atoms with Crippen LogP contribution in [0.1, 0.15) is 36.7 Å². The topological polar surface area (TPSA) is 63.4 Å². The Morgan fingerprint density at radius 1 is 1.13 bits per heavy atom. The molecule has 0 saturated carbocycles. The van der Waals surface area contributed by atoms with Crippen LogP contribution in [-0.2, 0) is 17.8 Å². The number of aromatic nitrogens is 2. The van der Waals surface area contributed by atoms with E-state index >= 15 is 0 Å². The Labute approximate surface area is 136 Å².